The summed E-state index contributed by atoms with van der Waals surface area (Å²) in [5.41, 5.74) is 2.87. The molecule has 0 spiro atoms. The van der Waals surface area contributed by atoms with Crippen LogP contribution in [0.1, 0.15) is 41.5 Å². The van der Waals surface area contributed by atoms with Gasteiger partial charge in [-0.1, -0.05) is 105 Å². The van der Waals surface area contributed by atoms with Gasteiger partial charge in [0.1, 0.15) is 0 Å². The summed E-state index contributed by atoms with van der Waals surface area (Å²) in [5, 5.41) is 0. The molecule has 0 N–H and O–H groups in total. The molecule has 0 saturated heterocycles. The molecule has 0 radical (unpaired) electrons. The van der Waals surface area contributed by atoms with Crippen molar-refractivity contribution in [1.82, 2.24) is 0 Å². The SMILES string of the molecule is CC(C)[Si](C(C)C)(C(C)C)[Si-]([Si](C)(C)C)[Si](C)(C)C. The van der Waals surface area contributed by atoms with Gasteiger partial charge in [0.05, 0.1) is 0 Å². The lowest BCUT2D eigenvalue weighted by Gasteiger charge is -2.69. The van der Waals surface area contributed by atoms with Crippen molar-refractivity contribution in [1.29, 1.82) is 0 Å². The summed E-state index contributed by atoms with van der Waals surface area (Å²) in [4.78, 5) is 0. The first-order chi connectivity index (χ1) is 8.20. The largest absolute Gasteiger partial charge is 0.250 e. The molecule has 0 rings (SSSR count). The predicted molar refractivity (Wildman–Crippen MR) is 103 cm³/mol. The molecule has 0 saturated carbocycles. The van der Waals surface area contributed by atoms with Crippen LogP contribution >= 0.6 is 0 Å². The first kappa shape index (κ1) is 19.9. The van der Waals surface area contributed by atoms with Crippen molar-refractivity contribution in [3.8, 4) is 0 Å². The van der Waals surface area contributed by atoms with Crippen LogP contribution < -0.4 is 0 Å². The predicted octanol–water partition coefficient (Wildman–Crippen LogP) is 6.07. The molecule has 0 nitrogen and oxygen atoms in total. The molecule has 0 aliphatic heterocycles. The summed E-state index contributed by atoms with van der Waals surface area (Å²) in [5.74, 6) is 0. The molecule has 0 aromatic carbocycles. The van der Waals surface area contributed by atoms with Crippen molar-refractivity contribution in [2.45, 2.75) is 97.4 Å². The molecule has 0 atom stereocenters. The normalized spacial score (nSPS) is 15.2. The molecule has 0 fully saturated rings. The van der Waals surface area contributed by atoms with Crippen LogP contribution in [0.3, 0.4) is 0 Å². The van der Waals surface area contributed by atoms with Gasteiger partial charge in [-0.3, -0.25) is 0 Å². The lowest BCUT2D eigenvalue weighted by atomic mass is 10.5. The Morgan fingerprint density at radius 3 is 0.789 bits per heavy atom. The molecule has 0 heterocycles. The van der Waals surface area contributed by atoms with Gasteiger partial charge in [0.15, 0.2) is 0 Å². The third-order valence-electron chi connectivity index (χ3n) is 4.80. The number of hydrogen-bond acceptors (Lipinski definition) is 0. The Kier molecular flexibility index (Phi) is 6.61. The van der Waals surface area contributed by atoms with E-state index in [1.54, 1.807) is 0 Å². The average Bonchev–Trinajstić information content (AvgIpc) is 2.07. The summed E-state index contributed by atoms with van der Waals surface area (Å²) >= 11 is 0. The van der Waals surface area contributed by atoms with E-state index < -0.39 is 22.8 Å². The van der Waals surface area contributed by atoms with E-state index in [0.29, 0.717) is 0 Å². The molecule has 19 heavy (non-hydrogen) atoms. The van der Waals surface area contributed by atoms with E-state index in [4.69, 9.17) is 0 Å². The molecule has 0 unspecified atom stereocenters. The molecular weight excluding hydrogens is 293 g/mol. The van der Waals surface area contributed by atoms with Gasteiger partial charge in [-0.2, -0.15) is 0 Å². The minimum Gasteiger partial charge on any atom is -0.250 e. The standard InChI is InChI=1S/C15H39Si4/c1-13(2)19(14(3)4,15(5)6)16(17(7,8)9)18(10,11)12/h13-15H,1-12H3/q-1. The lowest BCUT2D eigenvalue weighted by Crippen LogP contribution is -2.76. The van der Waals surface area contributed by atoms with Crippen molar-refractivity contribution in [2.24, 2.45) is 0 Å². The summed E-state index contributed by atoms with van der Waals surface area (Å²) in [7, 11) is -3.40. The third-order valence-corrected chi connectivity index (χ3v) is 66.0. The molecule has 0 aromatic rings. The molecular formula is C15H39Si4-. The highest BCUT2D eigenvalue weighted by molar-refractivity contribution is 7.82. The van der Waals surface area contributed by atoms with Crippen LogP contribution in [0.4, 0.5) is 0 Å². The third kappa shape index (κ3) is 3.95. The maximum absolute atomic E-state index is 2.69. The van der Waals surface area contributed by atoms with Gasteiger partial charge >= 0.3 is 0 Å². The Labute approximate surface area is 127 Å². The van der Waals surface area contributed by atoms with Crippen LogP contribution in [0.5, 0.6) is 0 Å². The van der Waals surface area contributed by atoms with E-state index in [9.17, 15) is 0 Å². The fourth-order valence-corrected chi connectivity index (χ4v) is 94.8. The Balaban J connectivity index is 6.21. The van der Waals surface area contributed by atoms with E-state index in [-0.39, 0.29) is 7.35 Å². The molecule has 0 aromatic heterocycles. The second-order valence-electron chi connectivity index (χ2n) is 9.27. The van der Waals surface area contributed by atoms with Crippen LogP contribution in [0.25, 0.3) is 0 Å². The zero-order chi connectivity index (χ0) is 15.8. The number of rotatable bonds is 6. The van der Waals surface area contributed by atoms with E-state index in [1.807, 2.05) is 0 Å². The maximum atomic E-state index is 2.69. The Hall–Kier alpha value is 0.868. The van der Waals surface area contributed by atoms with Gasteiger partial charge in [-0.25, -0.2) is 7.35 Å². The van der Waals surface area contributed by atoms with Crippen molar-refractivity contribution in [3.63, 3.8) is 0 Å². The Bertz CT molecular complexity index is 246. The van der Waals surface area contributed by atoms with Gasteiger partial charge in [0.2, 0.25) is 0 Å². The van der Waals surface area contributed by atoms with Crippen molar-refractivity contribution in [2.75, 3.05) is 0 Å². The highest BCUT2D eigenvalue weighted by Gasteiger charge is 2.46. The maximum Gasteiger partial charge on any atom is -0.0678 e. The van der Waals surface area contributed by atoms with E-state index in [2.05, 4.69) is 80.8 Å². The summed E-state index contributed by atoms with van der Waals surface area (Å²) < 4.78 is 0. The molecule has 0 amide bonds. The van der Waals surface area contributed by atoms with E-state index in [1.165, 1.54) is 0 Å². The van der Waals surface area contributed by atoms with Gasteiger partial charge in [-0.05, 0) is 0 Å². The van der Waals surface area contributed by atoms with Crippen LogP contribution in [0, 0.1) is 0 Å². The number of hydrogen-bond donors (Lipinski definition) is 0. The Morgan fingerprint density at radius 2 is 0.737 bits per heavy atom. The second kappa shape index (κ2) is 6.32. The molecule has 4 heteroatoms. The molecule has 116 valence electrons. The fraction of sp³-hybridized carbons (Fsp3) is 1.00. The minimum atomic E-state index is -1.20. The minimum absolute atomic E-state index is 0.155. The van der Waals surface area contributed by atoms with Gasteiger partial charge in [0, 0.05) is 0 Å². The molecule has 0 bridgehead atoms. The van der Waals surface area contributed by atoms with Crippen molar-refractivity contribution < 1.29 is 0 Å². The van der Waals surface area contributed by atoms with Crippen molar-refractivity contribution in [3.05, 3.63) is 0 Å². The molecule has 0 aliphatic rings. The highest BCUT2D eigenvalue weighted by Crippen LogP contribution is 2.47. The van der Waals surface area contributed by atoms with E-state index in [0.717, 1.165) is 16.6 Å². The summed E-state index contributed by atoms with van der Waals surface area (Å²) in [6.45, 7) is 31.5. The first-order valence-corrected chi connectivity index (χ1v) is 21.8. The summed E-state index contributed by atoms with van der Waals surface area (Å²) in [6.07, 6.45) is 0. The van der Waals surface area contributed by atoms with E-state index >= 15 is 0 Å². The van der Waals surface area contributed by atoms with Crippen LogP contribution in [0.15, 0.2) is 0 Å². The molecule has 0 aliphatic carbocycles. The second-order valence-corrected chi connectivity index (χ2v) is 45.0. The monoisotopic (exact) mass is 331 g/mol. The zero-order valence-corrected chi connectivity index (χ0v) is 19.7. The quantitative estimate of drug-likeness (QED) is 0.518. The van der Waals surface area contributed by atoms with Crippen LogP contribution in [0.2, 0.25) is 55.9 Å². The van der Waals surface area contributed by atoms with Crippen LogP contribution in [-0.4, -0.2) is 30.1 Å². The first-order valence-electron chi connectivity index (χ1n) is 8.08. The van der Waals surface area contributed by atoms with Crippen molar-refractivity contribution >= 4 is 30.1 Å². The van der Waals surface area contributed by atoms with Gasteiger partial charge in [0.25, 0.3) is 0 Å². The highest BCUT2D eigenvalue weighted by atomic mass is 29.9. The van der Waals surface area contributed by atoms with Gasteiger partial charge in [-0.15, -0.1) is 15.2 Å². The Morgan fingerprint density at radius 1 is 0.526 bits per heavy atom. The topological polar surface area (TPSA) is 0 Å². The van der Waals surface area contributed by atoms with Crippen LogP contribution in [-0.2, 0) is 0 Å². The zero-order valence-electron chi connectivity index (χ0n) is 15.7. The smallest absolute Gasteiger partial charge is 0.0678 e. The lowest BCUT2D eigenvalue weighted by molar-refractivity contribution is 0.846. The van der Waals surface area contributed by atoms with Gasteiger partial charge < -0.3 is 0 Å². The fourth-order valence-electron chi connectivity index (χ4n) is 5.29. The average molecular weight is 332 g/mol. The summed E-state index contributed by atoms with van der Waals surface area (Å²) in [6, 6.07) is 0.